The topological polar surface area (TPSA) is 42.0 Å². The van der Waals surface area contributed by atoms with Crippen LogP contribution < -0.4 is 5.32 Å². The van der Waals surface area contributed by atoms with Crippen molar-refractivity contribution in [2.75, 3.05) is 5.75 Å². The quantitative estimate of drug-likeness (QED) is 0.432. The number of nitrogens with one attached hydrogen (secondary N) is 1. The molecule has 0 saturated carbocycles. The van der Waals surface area contributed by atoms with Gasteiger partial charge in [-0.05, 0) is 41.3 Å². The van der Waals surface area contributed by atoms with E-state index in [2.05, 4.69) is 10.3 Å². The number of para-hydroxylation sites is 1. The van der Waals surface area contributed by atoms with Gasteiger partial charge < -0.3 is 5.32 Å². The number of hydrogen-bond acceptors (Lipinski definition) is 4. The average molecular weight is 409 g/mol. The predicted octanol–water partition coefficient (Wildman–Crippen LogP) is 5.43. The van der Waals surface area contributed by atoms with Crippen LogP contribution in [-0.2, 0) is 4.79 Å². The van der Waals surface area contributed by atoms with Crippen LogP contribution in [0.25, 0.3) is 10.9 Å². The number of fused-ring (bicyclic) bond motifs is 1. The molecule has 0 fully saturated rings. The van der Waals surface area contributed by atoms with Crippen LogP contribution >= 0.6 is 23.1 Å². The fourth-order valence-corrected chi connectivity index (χ4v) is 4.39. The van der Waals surface area contributed by atoms with Gasteiger partial charge in [0.25, 0.3) is 0 Å². The number of rotatable bonds is 6. The number of amides is 1. The van der Waals surface area contributed by atoms with E-state index in [0.717, 1.165) is 26.4 Å². The predicted molar refractivity (Wildman–Crippen MR) is 113 cm³/mol. The Morgan fingerprint density at radius 2 is 1.86 bits per heavy atom. The summed E-state index contributed by atoms with van der Waals surface area (Å²) in [5.74, 6) is -0.130. The van der Waals surface area contributed by atoms with Crippen molar-refractivity contribution in [1.29, 1.82) is 0 Å². The Bertz CT molecular complexity index is 1080. The number of thiophene rings is 1. The van der Waals surface area contributed by atoms with Crippen molar-refractivity contribution in [3.05, 3.63) is 94.4 Å². The van der Waals surface area contributed by atoms with Crippen LogP contribution in [0.15, 0.2) is 83.2 Å². The summed E-state index contributed by atoms with van der Waals surface area (Å²) in [5, 5.41) is 6.91. The zero-order valence-corrected chi connectivity index (χ0v) is 16.5. The number of carbonyl (C=O) groups is 1. The van der Waals surface area contributed by atoms with Crippen LogP contribution in [0.2, 0.25) is 0 Å². The molecule has 6 heteroatoms. The molecule has 2 heterocycles. The molecule has 0 aliphatic carbocycles. The Morgan fingerprint density at radius 3 is 2.64 bits per heavy atom. The minimum atomic E-state index is -0.294. The molecule has 0 aliphatic rings. The molecule has 3 nitrogen and oxygen atoms in total. The summed E-state index contributed by atoms with van der Waals surface area (Å²) >= 11 is 2.96. The van der Waals surface area contributed by atoms with Gasteiger partial charge in [-0.3, -0.25) is 4.79 Å². The van der Waals surface area contributed by atoms with Crippen molar-refractivity contribution in [2.45, 2.75) is 11.1 Å². The van der Waals surface area contributed by atoms with E-state index in [1.54, 1.807) is 23.5 Å². The van der Waals surface area contributed by atoms with Crippen molar-refractivity contribution in [2.24, 2.45) is 0 Å². The number of carbonyl (C=O) groups excluding carboxylic acids is 1. The second-order valence-electron chi connectivity index (χ2n) is 6.20. The highest BCUT2D eigenvalue weighted by Crippen LogP contribution is 2.27. The minimum Gasteiger partial charge on any atom is -0.344 e. The molecule has 4 aromatic rings. The maximum Gasteiger partial charge on any atom is 0.231 e. The van der Waals surface area contributed by atoms with Crippen molar-refractivity contribution < 1.29 is 9.18 Å². The summed E-state index contributed by atoms with van der Waals surface area (Å²) in [6, 6.07) is 21.7. The Kier molecular flexibility index (Phi) is 5.69. The number of halogens is 1. The lowest BCUT2D eigenvalue weighted by Gasteiger charge is -2.18. The summed E-state index contributed by atoms with van der Waals surface area (Å²) in [5.41, 5.74) is 1.77. The zero-order valence-electron chi connectivity index (χ0n) is 14.8. The van der Waals surface area contributed by atoms with E-state index >= 15 is 0 Å². The molecule has 0 unspecified atom stereocenters. The van der Waals surface area contributed by atoms with Gasteiger partial charge in [-0.2, -0.15) is 0 Å². The van der Waals surface area contributed by atoms with E-state index in [0.29, 0.717) is 0 Å². The molecule has 2 aromatic heterocycles. The third kappa shape index (κ3) is 4.40. The summed E-state index contributed by atoms with van der Waals surface area (Å²) in [6.07, 6.45) is 0. The smallest absolute Gasteiger partial charge is 0.231 e. The van der Waals surface area contributed by atoms with Crippen molar-refractivity contribution >= 4 is 39.9 Å². The third-order valence-electron chi connectivity index (χ3n) is 4.26. The molecular weight excluding hydrogens is 391 g/mol. The highest BCUT2D eigenvalue weighted by atomic mass is 32.2. The molecule has 1 N–H and O–H groups in total. The largest absolute Gasteiger partial charge is 0.344 e. The van der Waals surface area contributed by atoms with Gasteiger partial charge in [-0.1, -0.05) is 54.2 Å². The lowest BCUT2D eigenvalue weighted by Crippen LogP contribution is -2.30. The average Bonchev–Trinajstić information content (AvgIpc) is 3.26. The molecule has 1 atom stereocenters. The van der Waals surface area contributed by atoms with Crippen LogP contribution in [0.1, 0.15) is 16.5 Å². The fraction of sp³-hybridized carbons (Fsp3) is 0.0909. The van der Waals surface area contributed by atoms with Crippen LogP contribution in [0.4, 0.5) is 4.39 Å². The number of benzene rings is 2. The SMILES string of the molecule is O=C(CSc1ccc2ccccc2n1)N[C@H](c1ccc(F)cc1)c1cccs1. The lowest BCUT2D eigenvalue weighted by atomic mass is 10.1. The van der Waals surface area contributed by atoms with Gasteiger partial charge in [-0.25, -0.2) is 9.37 Å². The Hall–Kier alpha value is -2.70. The second-order valence-corrected chi connectivity index (χ2v) is 8.17. The Balaban J connectivity index is 1.46. The van der Waals surface area contributed by atoms with Gasteiger partial charge in [0.1, 0.15) is 5.82 Å². The first-order valence-corrected chi connectivity index (χ1v) is 10.6. The van der Waals surface area contributed by atoms with Crippen LogP contribution in [0, 0.1) is 5.82 Å². The first-order valence-electron chi connectivity index (χ1n) is 8.76. The van der Waals surface area contributed by atoms with Crippen molar-refractivity contribution in [1.82, 2.24) is 10.3 Å². The number of hydrogen-bond donors (Lipinski definition) is 1. The van der Waals surface area contributed by atoms with Crippen LogP contribution in [-0.4, -0.2) is 16.6 Å². The molecule has 0 bridgehead atoms. The lowest BCUT2D eigenvalue weighted by molar-refractivity contribution is -0.119. The first-order chi connectivity index (χ1) is 13.7. The summed E-state index contributed by atoms with van der Waals surface area (Å²) in [4.78, 5) is 18.2. The molecule has 140 valence electrons. The molecule has 0 spiro atoms. The van der Waals surface area contributed by atoms with Gasteiger partial charge in [0.15, 0.2) is 0 Å². The van der Waals surface area contributed by atoms with Crippen molar-refractivity contribution in [3.8, 4) is 0 Å². The summed E-state index contributed by atoms with van der Waals surface area (Å²) in [7, 11) is 0. The van der Waals surface area contributed by atoms with Gasteiger partial charge in [-0.15, -0.1) is 11.3 Å². The molecule has 0 saturated heterocycles. The van der Waals surface area contributed by atoms with Gasteiger partial charge >= 0.3 is 0 Å². The standard InChI is InChI=1S/C22H17FN2OS2/c23-17-10-7-16(8-11-17)22(19-6-3-13-27-19)25-20(26)14-28-21-12-9-15-4-1-2-5-18(15)24-21/h1-13,22H,14H2,(H,25,26)/t22-/m1/s1. The highest BCUT2D eigenvalue weighted by molar-refractivity contribution is 7.99. The zero-order chi connectivity index (χ0) is 19.3. The number of pyridine rings is 1. The number of thioether (sulfide) groups is 1. The Labute approximate surface area is 170 Å². The molecule has 0 aliphatic heterocycles. The van der Waals surface area contributed by atoms with Crippen LogP contribution in [0.5, 0.6) is 0 Å². The van der Waals surface area contributed by atoms with Gasteiger partial charge in [0.2, 0.25) is 5.91 Å². The van der Waals surface area contributed by atoms with E-state index in [-0.39, 0.29) is 23.5 Å². The Morgan fingerprint density at radius 1 is 1.04 bits per heavy atom. The monoisotopic (exact) mass is 408 g/mol. The summed E-state index contributed by atoms with van der Waals surface area (Å²) in [6.45, 7) is 0. The van der Waals surface area contributed by atoms with Crippen LogP contribution in [0.3, 0.4) is 0 Å². The molecule has 4 rings (SSSR count). The maximum absolute atomic E-state index is 13.3. The number of nitrogens with zero attached hydrogens (tertiary/aromatic N) is 1. The molecule has 2 aromatic carbocycles. The molecular formula is C22H17FN2OS2. The van der Waals surface area contributed by atoms with E-state index in [1.807, 2.05) is 53.9 Å². The molecule has 28 heavy (non-hydrogen) atoms. The normalized spacial score (nSPS) is 12.0. The maximum atomic E-state index is 13.3. The molecule has 0 radical (unpaired) electrons. The molecule has 1 amide bonds. The van der Waals surface area contributed by atoms with E-state index in [4.69, 9.17) is 0 Å². The number of aromatic nitrogens is 1. The van der Waals surface area contributed by atoms with E-state index in [1.165, 1.54) is 23.9 Å². The first kappa shape index (κ1) is 18.7. The highest BCUT2D eigenvalue weighted by Gasteiger charge is 2.18. The minimum absolute atomic E-state index is 0.0947. The summed E-state index contributed by atoms with van der Waals surface area (Å²) < 4.78 is 13.3. The van der Waals surface area contributed by atoms with Gasteiger partial charge in [0, 0.05) is 10.3 Å². The van der Waals surface area contributed by atoms with Gasteiger partial charge in [0.05, 0.1) is 22.3 Å². The van der Waals surface area contributed by atoms with Crippen molar-refractivity contribution in [3.63, 3.8) is 0 Å². The third-order valence-corrected chi connectivity index (χ3v) is 6.13. The van der Waals surface area contributed by atoms with E-state index in [9.17, 15) is 9.18 Å². The fourth-order valence-electron chi connectivity index (χ4n) is 2.90. The van der Waals surface area contributed by atoms with E-state index < -0.39 is 0 Å². The second kappa shape index (κ2) is 8.54.